The highest BCUT2D eigenvalue weighted by Gasteiger charge is 2.21. The van der Waals surface area contributed by atoms with Crippen molar-refractivity contribution < 1.29 is 12.8 Å². The van der Waals surface area contributed by atoms with Crippen LogP contribution in [-0.2, 0) is 10.0 Å². The van der Waals surface area contributed by atoms with Crippen molar-refractivity contribution in [2.24, 2.45) is 0 Å². The van der Waals surface area contributed by atoms with Gasteiger partial charge in [-0.3, -0.25) is 0 Å². The lowest BCUT2D eigenvalue weighted by atomic mass is 10.0. The summed E-state index contributed by atoms with van der Waals surface area (Å²) >= 11 is 8.27. The van der Waals surface area contributed by atoms with E-state index in [0.717, 1.165) is 9.13 Å². The van der Waals surface area contributed by atoms with Crippen LogP contribution < -0.4 is 0 Å². The van der Waals surface area contributed by atoms with Crippen molar-refractivity contribution in [3.63, 3.8) is 0 Å². The highest BCUT2D eigenvalue weighted by molar-refractivity contribution is 14.1. The number of hydrogen-bond acceptors (Lipinski definition) is 2. The first-order chi connectivity index (χ1) is 13.3. The molecule has 4 aromatic rings. The van der Waals surface area contributed by atoms with Gasteiger partial charge in [-0.2, -0.15) is 0 Å². The number of fused-ring (bicyclic) bond motifs is 1. The molecular formula is C21H14ClFINO2S. The van der Waals surface area contributed by atoms with Gasteiger partial charge in [-0.25, -0.2) is 16.8 Å². The molecule has 0 aliphatic carbocycles. The van der Waals surface area contributed by atoms with E-state index in [-0.39, 0.29) is 4.90 Å². The van der Waals surface area contributed by atoms with E-state index in [1.54, 1.807) is 60.8 Å². The van der Waals surface area contributed by atoms with Gasteiger partial charge in [-0.1, -0.05) is 41.4 Å². The number of aryl methyl sites for hydroxylation is 1. The van der Waals surface area contributed by atoms with Crippen molar-refractivity contribution in [3.8, 4) is 11.1 Å². The topological polar surface area (TPSA) is 39.1 Å². The average Bonchev–Trinajstić information content (AvgIpc) is 2.99. The van der Waals surface area contributed by atoms with Gasteiger partial charge in [0.1, 0.15) is 5.82 Å². The monoisotopic (exact) mass is 525 g/mol. The molecule has 142 valence electrons. The zero-order chi connectivity index (χ0) is 20.1. The summed E-state index contributed by atoms with van der Waals surface area (Å²) in [6.45, 7) is 1.90. The summed E-state index contributed by atoms with van der Waals surface area (Å²) in [5.74, 6) is -0.423. The number of nitrogens with zero attached hydrogens (tertiary/aromatic N) is 1. The standard InChI is InChI=1S/C21H14ClFINO2S/c1-13-5-8-15(9-6-13)28(26,27)25-12-19(24)16-11-14(7-10-20(16)25)21-17(22)3-2-4-18(21)23/h2-12H,1H3. The van der Waals surface area contributed by atoms with Gasteiger partial charge in [0.05, 0.1) is 15.4 Å². The van der Waals surface area contributed by atoms with Crippen molar-refractivity contribution in [3.05, 3.63) is 86.8 Å². The lowest BCUT2D eigenvalue weighted by Gasteiger charge is -2.09. The first-order valence-corrected chi connectivity index (χ1v) is 11.3. The molecule has 0 aliphatic rings. The molecule has 0 atom stereocenters. The molecule has 0 aliphatic heterocycles. The van der Waals surface area contributed by atoms with Gasteiger partial charge in [0.15, 0.2) is 0 Å². The molecule has 0 spiro atoms. The summed E-state index contributed by atoms with van der Waals surface area (Å²) in [5, 5.41) is 1.02. The van der Waals surface area contributed by atoms with Crippen molar-refractivity contribution in [1.82, 2.24) is 3.97 Å². The first kappa shape index (κ1) is 19.4. The van der Waals surface area contributed by atoms with Crippen LogP contribution in [0.3, 0.4) is 0 Å². The molecule has 0 fully saturated rings. The average molecular weight is 526 g/mol. The van der Waals surface area contributed by atoms with E-state index < -0.39 is 15.8 Å². The van der Waals surface area contributed by atoms with E-state index in [1.807, 2.05) is 6.92 Å². The second kappa shape index (κ2) is 7.17. The maximum absolute atomic E-state index is 14.3. The lowest BCUT2D eigenvalue weighted by Crippen LogP contribution is -2.11. The quantitative estimate of drug-likeness (QED) is 0.297. The van der Waals surface area contributed by atoms with Crippen molar-refractivity contribution >= 4 is 55.1 Å². The molecule has 0 radical (unpaired) electrons. The van der Waals surface area contributed by atoms with Crippen LogP contribution in [0.25, 0.3) is 22.0 Å². The van der Waals surface area contributed by atoms with Crippen molar-refractivity contribution in [1.29, 1.82) is 0 Å². The third-order valence-corrected chi connectivity index (χ3v) is 7.41. The Kier molecular flexibility index (Phi) is 4.97. The SMILES string of the molecule is Cc1ccc(S(=O)(=O)n2cc(I)c3cc(-c4c(F)cccc4Cl)ccc32)cc1. The van der Waals surface area contributed by atoms with E-state index in [9.17, 15) is 12.8 Å². The minimum Gasteiger partial charge on any atom is -0.240 e. The van der Waals surface area contributed by atoms with Crippen LogP contribution in [0.1, 0.15) is 5.56 Å². The first-order valence-electron chi connectivity index (χ1n) is 8.36. The van der Waals surface area contributed by atoms with Gasteiger partial charge >= 0.3 is 0 Å². The Balaban J connectivity index is 1.91. The summed E-state index contributed by atoms with van der Waals surface area (Å²) in [7, 11) is -3.74. The Morgan fingerprint density at radius 2 is 1.75 bits per heavy atom. The van der Waals surface area contributed by atoms with Gasteiger partial charge in [0, 0.05) is 20.7 Å². The molecule has 1 aromatic heterocycles. The molecule has 0 saturated carbocycles. The Morgan fingerprint density at radius 1 is 1.04 bits per heavy atom. The van der Waals surface area contributed by atoms with Gasteiger partial charge in [-0.15, -0.1) is 0 Å². The van der Waals surface area contributed by atoms with E-state index in [2.05, 4.69) is 22.6 Å². The highest BCUT2D eigenvalue weighted by Crippen LogP contribution is 2.35. The summed E-state index contributed by atoms with van der Waals surface area (Å²) in [6, 6.07) is 16.4. The highest BCUT2D eigenvalue weighted by atomic mass is 127. The van der Waals surface area contributed by atoms with Gasteiger partial charge < -0.3 is 0 Å². The summed E-state index contributed by atoms with van der Waals surface area (Å²) in [5.41, 5.74) is 2.41. The zero-order valence-electron chi connectivity index (χ0n) is 14.7. The Bertz CT molecular complexity index is 1290. The maximum atomic E-state index is 14.3. The maximum Gasteiger partial charge on any atom is 0.268 e. The molecule has 0 unspecified atom stereocenters. The fourth-order valence-electron chi connectivity index (χ4n) is 3.11. The van der Waals surface area contributed by atoms with Crippen LogP contribution in [0.15, 0.2) is 71.8 Å². The number of benzene rings is 3. The molecule has 3 nitrogen and oxygen atoms in total. The van der Waals surface area contributed by atoms with Crippen LogP contribution in [-0.4, -0.2) is 12.4 Å². The van der Waals surface area contributed by atoms with Crippen LogP contribution in [0, 0.1) is 16.3 Å². The predicted molar refractivity (Wildman–Crippen MR) is 119 cm³/mol. The molecule has 0 saturated heterocycles. The summed E-state index contributed by atoms with van der Waals surface area (Å²) < 4.78 is 42.5. The molecule has 7 heteroatoms. The lowest BCUT2D eigenvalue weighted by molar-refractivity contribution is 0.589. The minimum atomic E-state index is -3.74. The Labute approximate surface area is 181 Å². The van der Waals surface area contributed by atoms with E-state index in [4.69, 9.17) is 11.6 Å². The molecular weight excluding hydrogens is 512 g/mol. The molecule has 4 rings (SSSR count). The van der Waals surface area contributed by atoms with Gasteiger partial charge in [0.25, 0.3) is 10.0 Å². The van der Waals surface area contributed by atoms with Crippen molar-refractivity contribution in [2.45, 2.75) is 11.8 Å². The molecule has 3 aromatic carbocycles. The van der Waals surface area contributed by atoms with E-state index >= 15 is 0 Å². The van der Waals surface area contributed by atoms with E-state index in [1.165, 1.54) is 10.0 Å². The second-order valence-electron chi connectivity index (χ2n) is 6.42. The smallest absolute Gasteiger partial charge is 0.240 e. The Hall–Kier alpha value is -1.90. The third kappa shape index (κ3) is 3.23. The normalized spacial score (nSPS) is 11.9. The third-order valence-electron chi connectivity index (χ3n) is 4.55. The molecule has 1 heterocycles. The number of rotatable bonds is 3. The van der Waals surface area contributed by atoms with Gasteiger partial charge in [0.2, 0.25) is 0 Å². The van der Waals surface area contributed by atoms with Crippen LogP contribution in [0.4, 0.5) is 4.39 Å². The Morgan fingerprint density at radius 3 is 2.43 bits per heavy atom. The minimum absolute atomic E-state index is 0.215. The predicted octanol–water partition coefficient (Wildman–Crippen LogP) is 6.25. The van der Waals surface area contributed by atoms with Crippen LogP contribution in [0.5, 0.6) is 0 Å². The van der Waals surface area contributed by atoms with Crippen LogP contribution >= 0.6 is 34.2 Å². The fourth-order valence-corrected chi connectivity index (χ4v) is 5.65. The molecule has 0 bridgehead atoms. The summed E-state index contributed by atoms with van der Waals surface area (Å²) in [4.78, 5) is 0.215. The fraction of sp³-hybridized carbons (Fsp3) is 0.0476. The largest absolute Gasteiger partial charge is 0.268 e. The molecule has 28 heavy (non-hydrogen) atoms. The molecule has 0 amide bonds. The van der Waals surface area contributed by atoms with Crippen LogP contribution in [0.2, 0.25) is 5.02 Å². The second-order valence-corrected chi connectivity index (χ2v) is 9.80. The van der Waals surface area contributed by atoms with Crippen molar-refractivity contribution in [2.75, 3.05) is 0 Å². The summed E-state index contributed by atoms with van der Waals surface area (Å²) in [6.07, 6.45) is 1.58. The van der Waals surface area contributed by atoms with Gasteiger partial charge in [-0.05, 0) is 71.5 Å². The zero-order valence-corrected chi connectivity index (χ0v) is 18.4. The number of hydrogen-bond donors (Lipinski definition) is 0. The molecule has 0 N–H and O–H groups in total. The number of halogens is 3. The van der Waals surface area contributed by atoms with E-state index in [0.29, 0.717) is 27.1 Å². The number of aromatic nitrogens is 1.